The third-order valence-corrected chi connectivity index (χ3v) is 4.44. The summed E-state index contributed by atoms with van der Waals surface area (Å²) in [6, 6.07) is 4.26. The Kier molecular flexibility index (Phi) is 4.89. The first-order valence-corrected chi connectivity index (χ1v) is 8.37. The molecule has 0 spiro atoms. The first kappa shape index (κ1) is 17.2. The van der Waals surface area contributed by atoms with Gasteiger partial charge in [-0.1, -0.05) is 0 Å². The van der Waals surface area contributed by atoms with Gasteiger partial charge in [0, 0.05) is 12.2 Å². The number of benzene rings is 1. The van der Waals surface area contributed by atoms with Crippen LogP contribution in [0.25, 0.3) is 0 Å². The number of hydrogen-bond donors (Lipinski definition) is 3. The molecular weight excluding hydrogens is 324 g/mol. The predicted octanol–water partition coefficient (Wildman–Crippen LogP) is 0.576. The SMILES string of the molecule is CC1c2cc(OCCCCCO)ccc2N=C2NC(=O)C(C(N)=O)N21. The maximum atomic E-state index is 12.0. The topological polar surface area (TPSA) is 117 Å². The minimum absolute atomic E-state index is 0.195. The summed E-state index contributed by atoms with van der Waals surface area (Å²) >= 11 is 0. The van der Waals surface area contributed by atoms with Crippen LogP contribution in [0, 0.1) is 0 Å². The van der Waals surface area contributed by atoms with Crippen LogP contribution in [0.2, 0.25) is 0 Å². The van der Waals surface area contributed by atoms with Crippen molar-refractivity contribution in [2.45, 2.75) is 38.3 Å². The number of amides is 2. The molecule has 2 aliphatic rings. The molecule has 1 aromatic rings. The van der Waals surface area contributed by atoms with Gasteiger partial charge in [0.1, 0.15) is 5.75 Å². The van der Waals surface area contributed by atoms with Gasteiger partial charge in [-0.2, -0.15) is 0 Å². The molecule has 1 aromatic carbocycles. The average molecular weight is 346 g/mol. The van der Waals surface area contributed by atoms with Gasteiger partial charge in [-0.25, -0.2) is 4.99 Å². The Hall–Kier alpha value is -2.61. The normalized spacial score (nSPS) is 21.3. The first-order chi connectivity index (χ1) is 12.0. The number of nitrogens with one attached hydrogen (secondary N) is 1. The van der Waals surface area contributed by atoms with Crippen molar-refractivity contribution < 1.29 is 19.4 Å². The summed E-state index contributed by atoms with van der Waals surface area (Å²) in [6.45, 7) is 2.66. The van der Waals surface area contributed by atoms with Crippen LogP contribution in [0.15, 0.2) is 23.2 Å². The van der Waals surface area contributed by atoms with E-state index in [0.717, 1.165) is 30.5 Å². The zero-order valence-electron chi connectivity index (χ0n) is 14.1. The summed E-state index contributed by atoms with van der Waals surface area (Å²) in [5.74, 6) is -0.0885. The molecule has 8 heteroatoms. The van der Waals surface area contributed by atoms with Crippen LogP contribution >= 0.6 is 0 Å². The van der Waals surface area contributed by atoms with Crippen molar-refractivity contribution in [2.75, 3.05) is 13.2 Å². The number of aliphatic hydroxyl groups is 1. The Balaban J connectivity index is 1.77. The summed E-state index contributed by atoms with van der Waals surface area (Å²) in [4.78, 5) is 29.7. The number of aliphatic hydroxyl groups excluding tert-OH is 1. The second-order valence-corrected chi connectivity index (χ2v) is 6.17. The summed E-state index contributed by atoms with van der Waals surface area (Å²) in [5.41, 5.74) is 6.98. The highest BCUT2D eigenvalue weighted by Crippen LogP contribution is 2.39. The number of ether oxygens (including phenoxy) is 1. The molecule has 0 saturated carbocycles. The van der Waals surface area contributed by atoms with Crippen LogP contribution in [-0.4, -0.2) is 47.0 Å². The highest BCUT2D eigenvalue weighted by atomic mass is 16.5. The molecule has 0 radical (unpaired) electrons. The minimum atomic E-state index is -1.05. The Bertz CT molecular complexity index is 719. The molecule has 2 unspecified atom stereocenters. The van der Waals surface area contributed by atoms with Crippen molar-refractivity contribution in [1.82, 2.24) is 10.2 Å². The van der Waals surface area contributed by atoms with Gasteiger partial charge in [-0.05, 0) is 44.4 Å². The maximum Gasteiger partial charge on any atom is 0.259 e. The predicted molar refractivity (Wildman–Crippen MR) is 91.3 cm³/mol. The van der Waals surface area contributed by atoms with E-state index in [-0.39, 0.29) is 12.6 Å². The Morgan fingerprint density at radius 2 is 2.20 bits per heavy atom. The van der Waals surface area contributed by atoms with Crippen LogP contribution in [0.5, 0.6) is 5.75 Å². The molecular formula is C17H22N4O4. The third kappa shape index (κ3) is 3.30. The van der Waals surface area contributed by atoms with Crippen LogP contribution in [0.4, 0.5) is 5.69 Å². The lowest BCUT2D eigenvalue weighted by Crippen LogP contribution is -2.47. The monoisotopic (exact) mass is 346 g/mol. The van der Waals surface area contributed by atoms with Gasteiger partial charge in [0.25, 0.3) is 5.91 Å². The van der Waals surface area contributed by atoms with E-state index in [4.69, 9.17) is 15.6 Å². The van der Waals surface area contributed by atoms with E-state index >= 15 is 0 Å². The fourth-order valence-corrected chi connectivity index (χ4v) is 3.15. The lowest BCUT2D eigenvalue weighted by atomic mass is 10.0. The van der Waals surface area contributed by atoms with E-state index in [9.17, 15) is 9.59 Å². The van der Waals surface area contributed by atoms with Crippen molar-refractivity contribution >= 4 is 23.5 Å². The molecule has 3 rings (SSSR count). The molecule has 0 bridgehead atoms. The zero-order valence-corrected chi connectivity index (χ0v) is 14.1. The number of primary amides is 1. The van der Waals surface area contributed by atoms with Crippen molar-refractivity contribution in [1.29, 1.82) is 0 Å². The van der Waals surface area contributed by atoms with Crippen LogP contribution in [0.3, 0.4) is 0 Å². The molecule has 2 atom stereocenters. The average Bonchev–Trinajstić information content (AvgIpc) is 2.91. The molecule has 2 amide bonds. The van der Waals surface area contributed by atoms with E-state index < -0.39 is 17.9 Å². The molecule has 25 heavy (non-hydrogen) atoms. The lowest BCUT2D eigenvalue weighted by molar-refractivity contribution is -0.131. The smallest absolute Gasteiger partial charge is 0.259 e. The molecule has 1 fully saturated rings. The Labute approximate surface area is 145 Å². The molecule has 1 saturated heterocycles. The first-order valence-electron chi connectivity index (χ1n) is 8.37. The molecule has 2 aliphatic heterocycles. The van der Waals surface area contributed by atoms with Gasteiger partial charge in [0.15, 0.2) is 6.04 Å². The fraction of sp³-hybridized carbons (Fsp3) is 0.471. The number of nitrogens with two attached hydrogens (primary N) is 1. The van der Waals surface area contributed by atoms with E-state index in [1.807, 2.05) is 25.1 Å². The van der Waals surface area contributed by atoms with E-state index in [2.05, 4.69) is 10.3 Å². The molecule has 8 nitrogen and oxygen atoms in total. The van der Waals surface area contributed by atoms with Gasteiger partial charge in [0.2, 0.25) is 11.9 Å². The van der Waals surface area contributed by atoms with Crippen molar-refractivity contribution in [3.05, 3.63) is 23.8 Å². The summed E-state index contributed by atoms with van der Waals surface area (Å²) in [7, 11) is 0. The second-order valence-electron chi connectivity index (χ2n) is 6.17. The Morgan fingerprint density at radius 1 is 1.40 bits per heavy atom. The number of rotatable bonds is 7. The molecule has 0 aromatic heterocycles. The van der Waals surface area contributed by atoms with Gasteiger partial charge in [-0.15, -0.1) is 0 Å². The highest BCUT2D eigenvalue weighted by Gasteiger charge is 2.45. The molecule has 134 valence electrons. The maximum absolute atomic E-state index is 12.0. The highest BCUT2D eigenvalue weighted by molar-refractivity contribution is 6.17. The Morgan fingerprint density at radius 3 is 2.92 bits per heavy atom. The molecule has 2 heterocycles. The number of nitrogens with zero attached hydrogens (tertiary/aromatic N) is 2. The summed E-state index contributed by atoms with van der Waals surface area (Å²) < 4.78 is 5.75. The van der Waals surface area contributed by atoms with Gasteiger partial charge in [-0.3, -0.25) is 14.9 Å². The van der Waals surface area contributed by atoms with Gasteiger partial charge >= 0.3 is 0 Å². The number of unbranched alkanes of at least 4 members (excludes halogenated alkanes) is 2. The number of fused-ring (bicyclic) bond motifs is 2. The largest absolute Gasteiger partial charge is 0.494 e. The summed E-state index contributed by atoms with van der Waals surface area (Å²) in [6.07, 6.45) is 2.55. The zero-order chi connectivity index (χ0) is 18.0. The number of hydrogen-bond acceptors (Lipinski definition) is 6. The third-order valence-electron chi connectivity index (χ3n) is 4.44. The number of aliphatic imine (C=N–C) groups is 1. The number of carbonyl (C=O) groups is 2. The summed E-state index contributed by atoms with van der Waals surface area (Å²) in [5, 5.41) is 11.4. The molecule has 4 N–H and O–H groups in total. The van der Waals surface area contributed by atoms with Crippen molar-refractivity contribution in [3.8, 4) is 5.75 Å². The van der Waals surface area contributed by atoms with Crippen molar-refractivity contribution in [3.63, 3.8) is 0 Å². The fourth-order valence-electron chi connectivity index (χ4n) is 3.15. The van der Waals surface area contributed by atoms with E-state index in [0.29, 0.717) is 18.3 Å². The number of guanidine groups is 1. The van der Waals surface area contributed by atoms with Gasteiger partial charge < -0.3 is 20.5 Å². The van der Waals surface area contributed by atoms with Crippen LogP contribution in [0.1, 0.15) is 37.8 Å². The van der Waals surface area contributed by atoms with Crippen LogP contribution < -0.4 is 15.8 Å². The van der Waals surface area contributed by atoms with Crippen molar-refractivity contribution in [2.24, 2.45) is 10.7 Å². The lowest BCUT2D eigenvalue weighted by Gasteiger charge is -2.33. The standard InChI is InChI=1S/C17H22N4O4/c1-10-12-9-11(25-8-4-2-3-7-22)5-6-13(12)19-17-20-16(24)14(15(18)23)21(10)17/h5-6,9-10,14,22H,2-4,7-8H2,1H3,(H2,18,23)(H,19,20,24). The second kappa shape index (κ2) is 7.10. The molecule has 0 aliphatic carbocycles. The van der Waals surface area contributed by atoms with E-state index in [1.165, 1.54) is 0 Å². The van der Waals surface area contributed by atoms with Crippen LogP contribution in [-0.2, 0) is 9.59 Å². The van der Waals surface area contributed by atoms with E-state index in [1.54, 1.807) is 4.90 Å². The van der Waals surface area contributed by atoms with Gasteiger partial charge in [0.05, 0.1) is 18.3 Å². The minimum Gasteiger partial charge on any atom is -0.494 e. The number of carbonyl (C=O) groups excluding carboxylic acids is 2. The quantitative estimate of drug-likeness (QED) is 0.493.